The maximum absolute atomic E-state index is 9.27. The van der Waals surface area contributed by atoms with Gasteiger partial charge in [-0.25, -0.2) is 0 Å². The van der Waals surface area contributed by atoms with Gasteiger partial charge in [0.05, 0.1) is 6.61 Å². The standard InChI is InChI=1S/C26H41BO3/c1-2-3-4-5-6-7-8-9-10-11-12-13-14-15-20-30-26-19-17-23-21-25(27(28)29)18-16-24(23)22-26/h16-19,21-22,28-29H,2-15,20H2,1H3. The molecule has 2 aromatic rings. The van der Waals surface area contributed by atoms with Crippen molar-refractivity contribution in [3.8, 4) is 5.75 Å². The summed E-state index contributed by atoms with van der Waals surface area (Å²) in [4.78, 5) is 0. The van der Waals surface area contributed by atoms with Gasteiger partial charge in [-0.05, 0) is 34.8 Å². The highest BCUT2D eigenvalue weighted by Gasteiger charge is 2.10. The summed E-state index contributed by atoms with van der Waals surface area (Å²) in [6.07, 6.45) is 19.1. The van der Waals surface area contributed by atoms with Crippen LogP contribution in [0.1, 0.15) is 96.8 Å². The van der Waals surface area contributed by atoms with E-state index < -0.39 is 7.12 Å². The number of hydrogen-bond donors (Lipinski definition) is 2. The Bertz CT molecular complexity index is 702. The molecule has 166 valence electrons. The third-order valence-electron chi connectivity index (χ3n) is 5.90. The monoisotopic (exact) mass is 412 g/mol. The van der Waals surface area contributed by atoms with Crippen molar-refractivity contribution >= 4 is 23.4 Å². The van der Waals surface area contributed by atoms with Gasteiger partial charge in [0.2, 0.25) is 0 Å². The molecule has 30 heavy (non-hydrogen) atoms. The summed E-state index contributed by atoms with van der Waals surface area (Å²) >= 11 is 0. The van der Waals surface area contributed by atoms with Crippen molar-refractivity contribution in [2.24, 2.45) is 0 Å². The van der Waals surface area contributed by atoms with Crippen molar-refractivity contribution < 1.29 is 14.8 Å². The van der Waals surface area contributed by atoms with Crippen LogP contribution in [-0.2, 0) is 0 Å². The van der Waals surface area contributed by atoms with Crippen LogP contribution in [0.2, 0.25) is 0 Å². The number of hydrogen-bond acceptors (Lipinski definition) is 3. The topological polar surface area (TPSA) is 49.7 Å². The second-order valence-electron chi connectivity index (χ2n) is 8.59. The maximum Gasteiger partial charge on any atom is 0.488 e. The van der Waals surface area contributed by atoms with E-state index >= 15 is 0 Å². The van der Waals surface area contributed by atoms with Gasteiger partial charge in [0.1, 0.15) is 5.75 Å². The molecule has 0 aromatic heterocycles. The van der Waals surface area contributed by atoms with Crippen LogP contribution in [0.5, 0.6) is 5.75 Å². The van der Waals surface area contributed by atoms with Crippen LogP contribution in [-0.4, -0.2) is 23.8 Å². The highest BCUT2D eigenvalue weighted by molar-refractivity contribution is 6.58. The summed E-state index contributed by atoms with van der Waals surface area (Å²) in [5.41, 5.74) is 0.513. The normalized spacial score (nSPS) is 11.2. The third-order valence-corrected chi connectivity index (χ3v) is 5.90. The Labute approximate surface area is 184 Å². The van der Waals surface area contributed by atoms with Crippen molar-refractivity contribution in [2.45, 2.75) is 96.8 Å². The SMILES string of the molecule is CCCCCCCCCCCCCCCCOc1ccc2cc(B(O)O)ccc2c1. The zero-order valence-electron chi connectivity index (χ0n) is 19.0. The molecule has 0 aliphatic rings. The van der Waals surface area contributed by atoms with E-state index in [-0.39, 0.29) is 0 Å². The Morgan fingerprint density at radius 3 is 1.70 bits per heavy atom. The lowest BCUT2D eigenvalue weighted by molar-refractivity contribution is 0.304. The molecule has 3 nitrogen and oxygen atoms in total. The molecular weight excluding hydrogens is 371 g/mol. The molecule has 0 unspecified atom stereocenters. The predicted octanol–water partition coefficient (Wildman–Crippen LogP) is 6.38. The molecule has 0 saturated carbocycles. The van der Waals surface area contributed by atoms with E-state index in [0.717, 1.165) is 29.5 Å². The van der Waals surface area contributed by atoms with Gasteiger partial charge in [0, 0.05) is 0 Å². The molecule has 0 aliphatic carbocycles. The van der Waals surface area contributed by atoms with Crippen molar-refractivity contribution in [3.63, 3.8) is 0 Å². The molecule has 0 spiro atoms. The van der Waals surface area contributed by atoms with E-state index in [2.05, 4.69) is 6.92 Å². The average molecular weight is 412 g/mol. The van der Waals surface area contributed by atoms with Crippen molar-refractivity contribution in [2.75, 3.05) is 6.61 Å². The first-order chi connectivity index (χ1) is 14.7. The molecule has 0 saturated heterocycles. The van der Waals surface area contributed by atoms with E-state index in [0.29, 0.717) is 5.46 Å². The van der Waals surface area contributed by atoms with Crippen molar-refractivity contribution in [3.05, 3.63) is 36.4 Å². The summed E-state index contributed by atoms with van der Waals surface area (Å²) in [5.74, 6) is 0.884. The summed E-state index contributed by atoms with van der Waals surface area (Å²) in [5, 5.41) is 20.6. The lowest BCUT2D eigenvalue weighted by Crippen LogP contribution is -2.29. The van der Waals surface area contributed by atoms with E-state index in [4.69, 9.17) is 4.74 Å². The van der Waals surface area contributed by atoms with Crippen molar-refractivity contribution in [1.29, 1.82) is 0 Å². The Morgan fingerprint density at radius 2 is 1.13 bits per heavy atom. The Kier molecular flexibility index (Phi) is 12.6. The van der Waals surface area contributed by atoms with E-state index in [1.54, 1.807) is 12.1 Å². The molecular formula is C26H41BO3. The van der Waals surface area contributed by atoms with Gasteiger partial charge in [-0.3, -0.25) is 0 Å². The molecule has 2 aromatic carbocycles. The van der Waals surface area contributed by atoms with E-state index in [1.807, 2.05) is 24.3 Å². The van der Waals surface area contributed by atoms with Crippen LogP contribution >= 0.6 is 0 Å². The van der Waals surface area contributed by atoms with Gasteiger partial charge in [0.15, 0.2) is 0 Å². The first-order valence-electron chi connectivity index (χ1n) is 12.2. The van der Waals surface area contributed by atoms with Crippen LogP contribution in [0.15, 0.2) is 36.4 Å². The zero-order valence-corrected chi connectivity index (χ0v) is 19.0. The third kappa shape index (κ3) is 10.00. The summed E-state index contributed by atoms with van der Waals surface area (Å²) in [6, 6.07) is 11.4. The molecule has 0 bridgehead atoms. The molecule has 0 fully saturated rings. The minimum Gasteiger partial charge on any atom is -0.494 e. The van der Waals surface area contributed by atoms with Gasteiger partial charge in [-0.2, -0.15) is 0 Å². The minimum absolute atomic E-state index is 0.513. The highest BCUT2D eigenvalue weighted by Crippen LogP contribution is 2.20. The zero-order chi connectivity index (χ0) is 21.4. The van der Waals surface area contributed by atoms with Gasteiger partial charge in [-0.15, -0.1) is 0 Å². The fraction of sp³-hybridized carbons (Fsp3) is 0.615. The second kappa shape index (κ2) is 15.3. The number of benzene rings is 2. The first-order valence-corrected chi connectivity index (χ1v) is 12.2. The number of ether oxygens (including phenoxy) is 1. The van der Waals surface area contributed by atoms with Crippen LogP contribution in [0, 0.1) is 0 Å². The molecule has 0 aliphatic heterocycles. The van der Waals surface area contributed by atoms with E-state index in [1.165, 1.54) is 83.5 Å². The van der Waals surface area contributed by atoms with Crippen LogP contribution in [0.25, 0.3) is 10.8 Å². The smallest absolute Gasteiger partial charge is 0.488 e. The molecule has 0 amide bonds. The lowest BCUT2D eigenvalue weighted by atomic mass is 9.79. The Hall–Kier alpha value is -1.52. The van der Waals surface area contributed by atoms with Crippen LogP contribution in [0.3, 0.4) is 0 Å². The number of unbranched alkanes of at least 4 members (excludes halogenated alkanes) is 13. The summed E-state index contributed by atoms with van der Waals surface area (Å²) < 4.78 is 5.90. The van der Waals surface area contributed by atoms with Gasteiger partial charge in [0.25, 0.3) is 0 Å². The highest BCUT2D eigenvalue weighted by atomic mass is 16.5. The van der Waals surface area contributed by atoms with Gasteiger partial charge < -0.3 is 14.8 Å². The number of rotatable bonds is 17. The van der Waals surface area contributed by atoms with Gasteiger partial charge >= 0.3 is 7.12 Å². The average Bonchev–Trinajstić information content (AvgIpc) is 2.76. The maximum atomic E-state index is 9.27. The fourth-order valence-corrected chi connectivity index (χ4v) is 3.98. The molecule has 2 N–H and O–H groups in total. The Balaban J connectivity index is 1.46. The van der Waals surface area contributed by atoms with Crippen molar-refractivity contribution in [1.82, 2.24) is 0 Å². The first kappa shape index (κ1) is 24.8. The van der Waals surface area contributed by atoms with Gasteiger partial charge in [-0.1, -0.05) is 115 Å². The second-order valence-corrected chi connectivity index (χ2v) is 8.59. The predicted molar refractivity (Wildman–Crippen MR) is 130 cm³/mol. The summed E-state index contributed by atoms with van der Waals surface area (Å²) in [6.45, 7) is 3.04. The minimum atomic E-state index is -1.43. The fourth-order valence-electron chi connectivity index (χ4n) is 3.98. The molecule has 0 radical (unpaired) electrons. The molecule has 4 heteroatoms. The lowest BCUT2D eigenvalue weighted by Gasteiger charge is -2.08. The quantitative estimate of drug-likeness (QED) is 0.234. The molecule has 0 heterocycles. The Morgan fingerprint density at radius 1 is 0.633 bits per heavy atom. The molecule has 0 atom stereocenters. The van der Waals surface area contributed by atoms with E-state index in [9.17, 15) is 10.0 Å². The summed E-state index contributed by atoms with van der Waals surface area (Å²) in [7, 11) is -1.43. The largest absolute Gasteiger partial charge is 0.494 e. The number of fused-ring (bicyclic) bond motifs is 1. The van der Waals surface area contributed by atoms with Crippen LogP contribution in [0.4, 0.5) is 0 Å². The molecule has 2 rings (SSSR count). The van der Waals surface area contributed by atoms with Crippen LogP contribution < -0.4 is 10.2 Å².